The molecule has 0 radical (unpaired) electrons. The SMILES string of the molecule is O=C(NCC1CCN(S(=O)(=O)C2CC2)CC1)c1ccco1. The summed E-state index contributed by atoms with van der Waals surface area (Å²) in [7, 11) is -3.05. The molecule has 0 spiro atoms. The van der Waals surface area contributed by atoms with Crippen molar-refractivity contribution >= 4 is 15.9 Å². The fourth-order valence-corrected chi connectivity index (χ4v) is 4.55. The quantitative estimate of drug-likeness (QED) is 0.886. The molecule has 1 saturated heterocycles. The molecule has 1 aromatic heterocycles. The molecule has 1 aromatic rings. The minimum Gasteiger partial charge on any atom is -0.459 e. The topological polar surface area (TPSA) is 79.6 Å². The van der Waals surface area contributed by atoms with Crippen molar-refractivity contribution < 1.29 is 17.6 Å². The molecule has 1 N–H and O–H groups in total. The smallest absolute Gasteiger partial charge is 0.286 e. The highest BCUT2D eigenvalue weighted by Crippen LogP contribution is 2.33. The van der Waals surface area contributed by atoms with E-state index in [0.717, 1.165) is 25.7 Å². The van der Waals surface area contributed by atoms with Crippen LogP contribution in [-0.4, -0.2) is 43.5 Å². The van der Waals surface area contributed by atoms with Gasteiger partial charge in [0.2, 0.25) is 10.0 Å². The Morgan fingerprint density at radius 3 is 2.57 bits per heavy atom. The number of nitrogens with one attached hydrogen (secondary N) is 1. The predicted molar refractivity (Wildman–Crippen MR) is 77.3 cm³/mol. The maximum atomic E-state index is 12.1. The number of furan rings is 1. The second kappa shape index (κ2) is 5.81. The summed E-state index contributed by atoms with van der Waals surface area (Å²) < 4.78 is 30.9. The third kappa shape index (κ3) is 3.29. The molecule has 1 amide bonds. The van der Waals surface area contributed by atoms with Gasteiger partial charge in [0, 0.05) is 19.6 Å². The summed E-state index contributed by atoms with van der Waals surface area (Å²) in [6.07, 6.45) is 4.67. The Morgan fingerprint density at radius 1 is 1.29 bits per heavy atom. The molecule has 2 aliphatic rings. The molecule has 0 bridgehead atoms. The molecule has 0 atom stereocenters. The van der Waals surface area contributed by atoms with Crippen molar-refractivity contribution in [1.82, 2.24) is 9.62 Å². The van der Waals surface area contributed by atoms with Crippen LogP contribution < -0.4 is 5.32 Å². The van der Waals surface area contributed by atoms with Crippen molar-refractivity contribution in [1.29, 1.82) is 0 Å². The lowest BCUT2D eigenvalue weighted by Gasteiger charge is -2.31. The van der Waals surface area contributed by atoms with Gasteiger partial charge in [-0.3, -0.25) is 4.79 Å². The van der Waals surface area contributed by atoms with Gasteiger partial charge in [0.15, 0.2) is 5.76 Å². The number of hydrogen-bond donors (Lipinski definition) is 1. The van der Waals surface area contributed by atoms with Gasteiger partial charge in [0.25, 0.3) is 5.91 Å². The Hall–Kier alpha value is -1.34. The van der Waals surface area contributed by atoms with Crippen molar-refractivity contribution in [2.45, 2.75) is 30.9 Å². The van der Waals surface area contributed by atoms with Crippen molar-refractivity contribution in [3.8, 4) is 0 Å². The third-order valence-corrected chi connectivity index (χ3v) is 6.57. The summed E-state index contributed by atoms with van der Waals surface area (Å²) in [5.41, 5.74) is 0. The van der Waals surface area contributed by atoms with Gasteiger partial charge in [0.05, 0.1) is 11.5 Å². The molecule has 7 heteroatoms. The van der Waals surface area contributed by atoms with Gasteiger partial charge >= 0.3 is 0 Å². The maximum Gasteiger partial charge on any atom is 0.286 e. The van der Waals surface area contributed by atoms with Crippen LogP contribution >= 0.6 is 0 Å². The Morgan fingerprint density at radius 2 is 2.00 bits per heavy atom. The van der Waals surface area contributed by atoms with Crippen LogP contribution in [0.4, 0.5) is 0 Å². The monoisotopic (exact) mass is 312 g/mol. The average Bonchev–Trinajstić information content (AvgIpc) is 3.22. The lowest BCUT2D eigenvalue weighted by molar-refractivity contribution is 0.0913. The second-order valence-corrected chi connectivity index (χ2v) is 7.99. The molecular formula is C14H20N2O4S. The number of sulfonamides is 1. The molecular weight excluding hydrogens is 292 g/mol. The van der Waals surface area contributed by atoms with Crippen LogP contribution in [0.2, 0.25) is 0 Å². The number of carbonyl (C=O) groups is 1. The zero-order valence-corrected chi connectivity index (χ0v) is 12.6. The van der Waals surface area contributed by atoms with E-state index in [1.807, 2.05) is 0 Å². The molecule has 3 rings (SSSR count). The highest BCUT2D eigenvalue weighted by molar-refractivity contribution is 7.90. The lowest BCUT2D eigenvalue weighted by Crippen LogP contribution is -2.42. The van der Waals surface area contributed by atoms with E-state index in [1.165, 1.54) is 6.26 Å². The van der Waals surface area contributed by atoms with Gasteiger partial charge in [-0.05, 0) is 43.7 Å². The standard InChI is InChI=1S/C14H20N2O4S/c17-14(13-2-1-9-20-13)15-10-11-5-7-16(8-6-11)21(18,19)12-3-4-12/h1-2,9,11-12H,3-8,10H2,(H,15,17). The first-order valence-electron chi connectivity index (χ1n) is 7.38. The summed E-state index contributed by atoms with van der Waals surface area (Å²) >= 11 is 0. The predicted octanol–water partition coefficient (Wildman–Crippen LogP) is 1.21. The number of piperidine rings is 1. The van der Waals surface area contributed by atoms with Crippen molar-refractivity contribution in [3.05, 3.63) is 24.2 Å². The van der Waals surface area contributed by atoms with Crippen molar-refractivity contribution in [3.63, 3.8) is 0 Å². The van der Waals surface area contributed by atoms with Crippen LogP contribution in [0.3, 0.4) is 0 Å². The molecule has 21 heavy (non-hydrogen) atoms. The summed E-state index contributed by atoms with van der Waals surface area (Å²) in [6.45, 7) is 1.71. The van der Waals surface area contributed by atoms with Gasteiger partial charge < -0.3 is 9.73 Å². The maximum absolute atomic E-state index is 12.1. The third-order valence-electron chi connectivity index (χ3n) is 4.18. The highest BCUT2D eigenvalue weighted by Gasteiger charge is 2.41. The van der Waals surface area contributed by atoms with E-state index in [-0.39, 0.29) is 11.2 Å². The molecule has 0 unspecified atom stereocenters. The van der Waals surface area contributed by atoms with E-state index < -0.39 is 10.0 Å². The molecule has 2 fully saturated rings. The zero-order chi connectivity index (χ0) is 14.9. The van der Waals surface area contributed by atoms with Gasteiger partial charge in [0.1, 0.15) is 0 Å². The average molecular weight is 312 g/mol. The minimum absolute atomic E-state index is 0.132. The Labute approximate surface area is 124 Å². The van der Waals surface area contributed by atoms with Gasteiger partial charge in [-0.1, -0.05) is 0 Å². The van der Waals surface area contributed by atoms with Gasteiger partial charge in [-0.2, -0.15) is 0 Å². The fraction of sp³-hybridized carbons (Fsp3) is 0.643. The van der Waals surface area contributed by atoms with Crippen LogP contribution in [0.5, 0.6) is 0 Å². The summed E-state index contributed by atoms with van der Waals surface area (Å²) in [4.78, 5) is 11.8. The molecule has 1 saturated carbocycles. The molecule has 1 aliphatic carbocycles. The van der Waals surface area contributed by atoms with Crippen LogP contribution in [0.25, 0.3) is 0 Å². The van der Waals surface area contributed by atoms with Crippen LogP contribution in [-0.2, 0) is 10.0 Å². The van der Waals surface area contributed by atoms with Crippen LogP contribution in [0, 0.1) is 5.92 Å². The molecule has 116 valence electrons. The summed E-state index contributed by atoms with van der Waals surface area (Å²) in [5.74, 6) is 0.423. The molecule has 6 nitrogen and oxygen atoms in total. The highest BCUT2D eigenvalue weighted by atomic mass is 32.2. The summed E-state index contributed by atoms with van der Waals surface area (Å²) in [6, 6.07) is 3.30. The first-order chi connectivity index (χ1) is 10.1. The second-order valence-electron chi connectivity index (χ2n) is 5.77. The Balaban J connectivity index is 1.45. The van der Waals surface area contributed by atoms with Crippen LogP contribution in [0.1, 0.15) is 36.2 Å². The Kier molecular flexibility index (Phi) is 4.03. The zero-order valence-electron chi connectivity index (χ0n) is 11.8. The molecule has 2 heterocycles. The molecule has 1 aliphatic heterocycles. The number of amides is 1. The van der Waals surface area contributed by atoms with Gasteiger partial charge in [-0.25, -0.2) is 12.7 Å². The van der Waals surface area contributed by atoms with Gasteiger partial charge in [-0.15, -0.1) is 0 Å². The minimum atomic E-state index is -3.05. The number of carbonyl (C=O) groups excluding carboxylic acids is 1. The van der Waals surface area contributed by atoms with E-state index >= 15 is 0 Å². The Bertz CT molecular complexity index is 585. The van der Waals surface area contributed by atoms with Crippen molar-refractivity contribution in [2.75, 3.05) is 19.6 Å². The lowest BCUT2D eigenvalue weighted by atomic mass is 9.98. The normalized spacial score (nSPS) is 21.3. The fourth-order valence-electron chi connectivity index (χ4n) is 2.68. The summed E-state index contributed by atoms with van der Waals surface area (Å²) in [5, 5.41) is 2.71. The van der Waals surface area contributed by atoms with Crippen LogP contribution in [0.15, 0.2) is 22.8 Å². The van der Waals surface area contributed by atoms with E-state index in [9.17, 15) is 13.2 Å². The van der Waals surface area contributed by atoms with E-state index in [0.29, 0.717) is 31.3 Å². The van der Waals surface area contributed by atoms with Crippen molar-refractivity contribution in [2.24, 2.45) is 5.92 Å². The largest absolute Gasteiger partial charge is 0.459 e. The van der Waals surface area contributed by atoms with E-state index in [4.69, 9.17) is 4.42 Å². The van der Waals surface area contributed by atoms with E-state index in [1.54, 1.807) is 16.4 Å². The number of nitrogens with zero attached hydrogens (tertiary/aromatic N) is 1. The molecule has 0 aromatic carbocycles. The first-order valence-corrected chi connectivity index (χ1v) is 8.88. The van der Waals surface area contributed by atoms with E-state index in [2.05, 4.69) is 5.32 Å². The number of hydrogen-bond acceptors (Lipinski definition) is 4. The number of rotatable bonds is 5. The first kappa shape index (κ1) is 14.6.